The van der Waals surface area contributed by atoms with Gasteiger partial charge in [-0.05, 0) is 11.6 Å². The van der Waals surface area contributed by atoms with Crippen LogP contribution >= 0.6 is 0 Å². The van der Waals surface area contributed by atoms with Crippen LogP contribution in [0.25, 0.3) is 11.1 Å². The predicted octanol–water partition coefficient (Wildman–Crippen LogP) is 1.69. The molecule has 0 fully saturated rings. The maximum Gasteiger partial charge on any atom is 0.214 e. The van der Waals surface area contributed by atoms with Crippen molar-refractivity contribution >= 4 is 5.78 Å². The highest BCUT2D eigenvalue weighted by atomic mass is 16.1. The van der Waals surface area contributed by atoms with Crippen LogP contribution in [0.2, 0.25) is 0 Å². The Balaban J connectivity index is 2.42. The van der Waals surface area contributed by atoms with Crippen molar-refractivity contribution in [3.8, 4) is 11.1 Å². The molecule has 3 nitrogen and oxygen atoms in total. The summed E-state index contributed by atoms with van der Waals surface area (Å²) in [6.07, 6.45) is 1.61. The molecule has 0 radical (unpaired) electrons. The molecular weight excluding hydrogens is 176 g/mol. The molecule has 0 aliphatic heterocycles. The number of rotatable bonds is 0. The van der Waals surface area contributed by atoms with Crippen molar-refractivity contribution in [2.24, 2.45) is 0 Å². The molecule has 1 aromatic heterocycles. The molecule has 0 spiro atoms. The quantitative estimate of drug-likeness (QED) is 0.531. The molecule has 1 aliphatic rings. The number of carbonyl (C=O) groups is 1. The van der Waals surface area contributed by atoms with Crippen LogP contribution < -0.4 is 0 Å². The number of fused-ring (bicyclic) bond motifs is 3. The number of hydrogen-bond acceptors (Lipinski definition) is 3. The molecule has 66 valence electrons. The van der Waals surface area contributed by atoms with E-state index in [9.17, 15) is 4.79 Å². The minimum atomic E-state index is -0.0244. The monoisotopic (exact) mass is 182 g/mol. The highest BCUT2D eigenvalue weighted by molar-refractivity contribution is 6.20. The molecule has 3 heteroatoms. The SMILES string of the molecule is O=C1c2ccccc2-c2ccnnc21. The maximum atomic E-state index is 11.8. The largest absolute Gasteiger partial charge is 0.287 e. The first-order valence-electron chi connectivity index (χ1n) is 4.34. The van der Waals surface area contributed by atoms with Gasteiger partial charge < -0.3 is 0 Å². The van der Waals surface area contributed by atoms with Gasteiger partial charge in [-0.2, -0.15) is 5.10 Å². The van der Waals surface area contributed by atoms with Crippen LogP contribution in [-0.2, 0) is 0 Å². The summed E-state index contributed by atoms with van der Waals surface area (Å²) in [5.41, 5.74) is 3.04. The maximum absolute atomic E-state index is 11.8. The van der Waals surface area contributed by atoms with Crippen LogP contribution in [0.1, 0.15) is 16.1 Å². The van der Waals surface area contributed by atoms with E-state index in [0.717, 1.165) is 16.7 Å². The summed E-state index contributed by atoms with van der Waals surface area (Å²) in [6.45, 7) is 0. The van der Waals surface area contributed by atoms with Gasteiger partial charge in [0, 0.05) is 11.1 Å². The number of carbonyl (C=O) groups excluding carboxylic acids is 1. The molecule has 1 aromatic carbocycles. The Labute approximate surface area is 80.4 Å². The van der Waals surface area contributed by atoms with E-state index >= 15 is 0 Å². The molecule has 0 unspecified atom stereocenters. The van der Waals surface area contributed by atoms with Crippen LogP contribution in [0.3, 0.4) is 0 Å². The van der Waals surface area contributed by atoms with Crippen LogP contribution in [0, 0.1) is 0 Å². The smallest absolute Gasteiger partial charge is 0.214 e. The van der Waals surface area contributed by atoms with Crippen molar-refractivity contribution in [2.45, 2.75) is 0 Å². The van der Waals surface area contributed by atoms with E-state index in [2.05, 4.69) is 10.2 Å². The number of nitrogens with zero attached hydrogens (tertiary/aromatic N) is 2. The van der Waals surface area contributed by atoms with Crippen molar-refractivity contribution in [1.82, 2.24) is 10.2 Å². The molecule has 1 aliphatic carbocycles. The molecule has 3 rings (SSSR count). The standard InChI is InChI=1S/C11H6N2O/c14-11-9-4-2-1-3-7(9)8-5-6-12-13-10(8)11/h1-6H. The summed E-state index contributed by atoms with van der Waals surface area (Å²) in [4.78, 5) is 11.8. The van der Waals surface area contributed by atoms with E-state index in [1.807, 2.05) is 30.3 Å². The van der Waals surface area contributed by atoms with E-state index in [0.29, 0.717) is 5.69 Å². The van der Waals surface area contributed by atoms with Crippen LogP contribution in [0.4, 0.5) is 0 Å². The molecule has 2 aromatic rings. The van der Waals surface area contributed by atoms with Gasteiger partial charge in [0.2, 0.25) is 5.78 Å². The minimum absolute atomic E-state index is 0.0244. The van der Waals surface area contributed by atoms with Gasteiger partial charge in [0.25, 0.3) is 0 Å². The second kappa shape index (κ2) is 2.48. The van der Waals surface area contributed by atoms with E-state index in [1.54, 1.807) is 6.20 Å². The van der Waals surface area contributed by atoms with E-state index in [4.69, 9.17) is 0 Å². The summed E-state index contributed by atoms with van der Waals surface area (Å²) in [5, 5.41) is 7.57. The fourth-order valence-corrected chi connectivity index (χ4v) is 1.76. The lowest BCUT2D eigenvalue weighted by molar-refractivity contribution is 0.103. The van der Waals surface area contributed by atoms with E-state index < -0.39 is 0 Å². The van der Waals surface area contributed by atoms with Gasteiger partial charge in [0.1, 0.15) is 5.69 Å². The number of benzene rings is 1. The van der Waals surface area contributed by atoms with E-state index in [-0.39, 0.29) is 5.78 Å². The zero-order valence-corrected chi connectivity index (χ0v) is 7.27. The van der Waals surface area contributed by atoms with Crippen molar-refractivity contribution in [3.05, 3.63) is 47.8 Å². The molecule has 0 bridgehead atoms. The van der Waals surface area contributed by atoms with Gasteiger partial charge in [-0.3, -0.25) is 4.79 Å². The summed E-state index contributed by atoms with van der Waals surface area (Å²) < 4.78 is 0. The molecule has 0 saturated heterocycles. The molecule has 0 amide bonds. The summed E-state index contributed by atoms with van der Waals surface area (Å²) in [6, 6.07) is 9.35. The van der Waals surface area contributed by atoms with Gasteiger partial charge in [0.05, 0.1) is 6.20 Å². The molecule has 14 heavy (non-hydrogen) atoms. The van der Waals surface area contributed by atoms with Gasteiger partial charge >= 0.3 is 0 Å². The third kappa shape index (κ3) is 0.785. The minimum Gasteiger partial charge on any atom is -0.287 e. The zero-order chi connectivity index (χ0) is 9.54. The summed E-state index contributed by atoms with van der Waals surface area (Å²) >= 11 is 0. The average Bonchev–Trinajstić information content (AvgIpc) is 2.55. The molecule has 1 heterocycles. The first-order chi connectivity index (χ1) is 6.88. The van der Waals surface area contributed by atoms with Crippen molar-refractivity contribution in [3.63, 3.8) is 0 Å². The summed E-state index contributed by atoms with van der Waals surface area (Å²) in [7, 11) is 0. The lowest BCUT2D eigenvalue weighted by Crippen LogP contribution is -1.98. The van der Waals surface area contributed by atoms with Crippen LogP contribution in [-0.4, -0.2) is 16.0 Å². The third-order valence-electron chi connectivity index (χ3n) is 2.40. The lowest BCUT2D eigenvalue weighted by atomic mass is 10.1. The van der Waals surface area contributed by atoms with Crippen molar-refractivity contribution in [1.29, 1.82) is 0 Å². The highest BCUT2D eigenvalue weighted by Gasteiger charge is 2.27. The number of aromatic nitrogens is 2. The zero-order valence-electron chi connectivity index (χ0n) is 7.27. The predicted molar refractivity (Wildman–Crippen MR) is 50.9 cm³/mol. The van der Waals surface area contributed by atoms with Crippen LogP contribution in [0.5, 0.6) is 0 Å². The Hall–Kier alpha value is -2.03. The molecule has 0 atom stereocenters. The Morgan fingerprint density at radius 2 is 1.71 bits per heavy atom. The first-order valence-corrected chi connectivity index (χ1v) is 4.34. The van der Waals surface area contributed by atoms with Gasteiger partial charge in [-0.15, -0.1) is 5.10 Å². The number of hydrogen-bond donors (Lipinski definition) is 0. The Bertz CT molecular complexity index is 487. The normalized spacial score (nSPS) is 12.4. The first kappa shape index (κ1) is 7.38. The Kier molecular flexibility index (Phi) is 1.31. The number of ketones is 1. The lowest BCUT2D eigenvalue weighted by Gasteiger charge is -1.95. The van der Waals surface area contributed by atoms with Gasteiger partial charge in [-0.1, -0.05) is 24.3 Å². The second-order valence-electron chi connectivity index (χ2n) is 3.17. The fraction of sp³-hybridized carbons (Fsp3) is 0. The average molecular weight is 182 g/mol. The highest BCUT2D eigenvalue weighted by Crippen LogP contribution is 2.33. The topological polar surface area (TPSA) is 42.9 Å². The Morgan fingerprint density at radius 3 is 2.57 bits per heavy atom. The fourth-order valence-electron chi connectivity index (χ4n) is 1.76. The van der Waals surface area contributed by atoms with Crippen LogP contribution in [0.15, 0.2) is 36.5 Å². The third-order valence-corrected chi connectivity index (χ3v) is 2.40. The van der Waals surface area contributed by atoms with E-state index in [1.165, 1.54) is 0 Å². The molecular formula is C11H6N2O. The second-order valence-corrected chi connectivity index (χ2v) is 3.17. The molecule has 0 saturated carbocycles. The van der Waals surface area contributed by atoms with Gasteiger partial charge in [0.15, 0.2) is 0 Å². The van der Waals surface area contributed by atoms with Gasteiger partial charge in [-0.25, -0.2) is 0 Å². The van der Waals surface area contributed by atoms with Crippen molar-refractivity contribution in [2.75, 3.05) is 0 Å². The summed E-state index contributed by atoms with van der Waals surface area (Å²) in [5.74, 6) is -0.0244. The Morgan fingerprint density at radius 1 is 0.929 bits per heavy atom. The molecule has 0 N–H and O–H groups in total. The van der Waals surface area contributed by atoms with Crippen molar-refractivity contribution < 1.29 is 4.79 Å².